The van der Waals surface area contributed by atoms with Crippen LogP contribution in [0.4, 0.5) is 13.2 Å². The smallest absolute Gasteiger partial charge is 0.251 e. The summed E-state index contributed by atoms with van der Waals surface area (Å²) in [6, 6.07) is 4.25. The fraction of sp³-hybridized carbons (Fsp3) is 0.455. The van der Waals surface area contributed by atoms with Gasteiger partial charge in [0.05, 0.1) is 6.54 Å². The van der Waals surface area contributed by atoms with E-state index < -0.39 is 12.2 Å². The molecular weight excluding hydrogens is 318 g/mol. The Morgan fingerprint density at radius 2 is 2.06 bits per heavy atom. The number of halogens is 5. The topological polar surface area (TPSA) is 3.24 Å². The Kier molecular flexibility index (Phi) is 6.30. The highest BCUT2D eigenvalue weighted by Crippen LogP contribution is 2.16. The zero-order valence-electron chi connectivity index (χ0n) is 8.97. The van der Waals surface area contributed by atoms with Crippen molar-refractivity contribution < 1.29 is 13.2 Å². The molecule has 96 valence electrons. The molecule has 0 saturated carbocycles. The summed E-state index contributed by atoms with van der Waals surface area (Å²) < 4.78 is 38.1. The largest absolute Gasteiger partial charge is 0.293 e. The lowest BCUT2D eigenvalue weighted by atomic mass is 10.2. The van der Waals surface area contributed by atoms with Crippen LogP contribution < -0.4 is 0 Å². The van der Waals surface area contributed by atoms with Crippen molar-refractivity contribution in [2.75, 3.05) is 18.4 Å². The van der Waals surface area contributed by atoms with Crippen LogP contribution in [0.15, 0.2) is 18.2 Å². The molecule has 0 aliphatic carbocycles. The van der Waals surface area contributed by atoms with Crippen molar-refractivity contribution in [3.05, 3.63) is 34.6 Å². The predicted molar refractivity (Wildman–Crippen MR) is 66.5 cm³/mol. The van der Waals surface area contributed by atoms with E-state index in [0.717, 1.165) is 0 Å². The van der Waals surface area contributed by atoms with E-state index in [9.17, 15) is 13.2 Å². The van der Waals surface area contributed by atoms with Crippen LogP contribution in [0, 0.1) is 5.82 Å². The average Bonchev–Trinajstić information content (AvgIpc) is 2.21. The second-order valence-electron chi connectivity index (χ2n) is 3.55. The van der Waals surface area contributed by atoms with Crippen LogP contribution in [-0.2, 0) is 6.54 Å². The predicted octanol–water partition coefficient (Wildman–Crippen LogP) is 3.94. The van der Waals surface area contributed by atoms with Crippen molar-refractivity contribution in [2.45, 2.75) is 13.0 Å². The molecule has 0 aromatic heterocycles. The van der Waals surface area contributed by atoms with Gasteiger partial charge < -0.3 is 0 Å². The quantitative estimate of drug-likeness (QED) is 0.714. The van der Waals surface area contributed by atoms with E-state index in [4.69, 9.17) is 11.6 Å². The molecule has 0 aliphatic rings. The number of rotatable bonds is 6. The summed E-state index contributed by atoms with van der Waals surface area (Å²) >= 11 is 8.80. The molecule has 0 bridgehead atoms. The molecule has 0 spiro atoms. The minimum Gasteiger partial charge on any atom is -0.293 e. The van der Waals surface area contributed by atoms with Gasteiger partial charge in [0.2, 0.25) is 0 Å². The summed E-state index contributed by atoms with van der Waals surface area (Å²) in [7, 11) is 0. The third kappa shape index (κ3) is 5.27. The molecular formula is C11H12BrClF3N. The first-order valence-corrected chi connectivity index (χ1v) is 6.53. The van der Waals surface area contributed by atoms with Gasteiger partial charge in [-0.3, -0.25) is 4.90 Å². The molecule has 0 saturated heterocycles. The van der Waals surface area contributed by atoms with E-state index in [0.29, 0.717) is 22.5 Å². The fourth-order valence-electron chi connectivity index (χ4n) is 1.44. The molecule has 0 unspecified atom stereocenters. The third-order valence-corrected chi connectivity index (χ3v) is 2.80. The lowest BCUT2D eigenvalue weighted by molar-refractivity contribution is 0.0876. The van der Waals surface area contributed by atoms with Gasteiger partial charge in [0, 0.05) is 29.0 Å². The third-order valence-electron chi connectivity index (χ3n) is 2.21. The second kappa shape index (κ2) is 7.24. The second-order valence-corrected chi connectivity index (χ2v) is 4.78. The standard InChI is InChI=1S/C11H12BrClF3N/c12-3-4-17(7-11(15)16)6-8-1-2-9(13)5-10(8)14/h1-2,5,11H,3-4,6-7H2. The fourth-order valence-corrected chi connectivity index (χ4v) is 2.10. The Morgan fingerprint density at radius 1 is 1.35 bits per heavy atom. The number of benzene rings is 1. The molecule has 0 heterocycles. The molecule has 17 heavy (non-hydrogen) atoms. The maximum atomic E-state index is 13.5. The average molecular weight is 331 g/mol. The van der Waals surface area contributed by atoms with Crippen molar-refractivity contribution in [2.24, 2.45) is 0 Å². The van der Waals surface area contributed by atoms with Gasteiger partial charge in [-0.25, -0.2) is 13.2 Å². The Hall–Kier alpha value is -0.260. The highest BCUT2D eigenvalue weighted by molar-refractivity contribution is 9.09. The van der Waals surface area contributed by atoms with E-state index in [-0.39, 0.29) is 13.1 Å². The number of hydrogen-bond donors (Lipinski definition) is 0. The summed E-state index contributed by atoms with van der Waals surface area (Å²) in [6.07, 6.45) is -2.43. The summed E-state index contributed by atoms with van der Waals surface area (Å²) in [6.45, 7) is 0.221. The summed E-state index contributed by atoms with van der Waals surface area (Å²) in [4.78, 5) is 1.49. The van der Waals surface area contributed by atoms with E-state index in [1.165, 1.54) is 17.0 Å². The van der Waals surface area contributed by atoms with Crippen molar-refractivity contribution in [3.8, 4) is 0 Å². The van der Waals surface area contributed by atoms with E-state index in [1.54, 1.807) is 6.07 Å². The summed E-state index contributed by atoms with van der Waals surface area (Å²) in [5.74, 6) is -0.466. The lowest BCUT2D eigenvalue weighted by Crippen LogP contribution is -2.30. The zero-order chi connectivity index (χ0) is 12.8. The van der Waals surface area contributed by atoms with Crippen LogP contribution >= 0.6 is 27.5 Å². The number of hydrogen-bond acceptors (Lipinski definition) is 1. The van der Waals surface area contributed by atoms with Crippen molar-refractivity contribution in [1.82, 2.24) is 4.90 Å². The molecule has 0 N–H and O–H groups in total. The van der Waals surface area contributed by atoms with E-state index >= 15 is 0 Å². The Balaban J connectivity index is 2.71. The molecule has 0 aliphatic heterocycles. The minimum atomic E-state index is -2.43. The van der Waals surface area contributed by atoms with Gasteiger partial charge in [-0.2, -0.15) is 0 Å². The van der Waals surface area contributed by atoms with Crippen LogP contribution in [-0.4, -0.2) is 29.7 Å². The highest BCUT2D eigenvalue weighted by Gasteiger charge is 2.14. The van der Waals surface area contributed by atoms with E-state index in [2.05, 4.69) is 15.9 Å². The van der Waals surface area contributed by atoms with Crippen LogP contribution in [0.2, 0.25) is 5.02 Å². The van der Waals surface area contributed by atoms with Gasteiger partial charge >= 0.3 is 0 Å². The number of nitrogens with zero attached hydrogens (tertiary/aromatic N) is 1. The van der Waals surface area contributed by atoms with Gasteiger partial charge in [-0.05, 0) is 12.1 Å². The van der Waals surface area contributed by atoms with Gasteiger partial charge in [0.15, 0.2) is 0 Å². The van der Waals surface area contributed by atoms with Gasteiger partial charge in [0.1, 0.15) is 5.82 Å². The van der Waals surface area contributed by atoms with Crippen LogP contribution in [0.1, 0.15) is 5.56 Å². The molecule has 1 nitrogen and oxygen atoms in total. The molecule has 1 aromatic carbocycles. The Morgan fingerprint density at radius 3 is 2.59 bits per heavy atom. The lowest BCUT2D eigenvalue weighted by Gasteiger charge is -2.21. The maximum Gasteiger partial charge on any atom is 0.251 e. The monoisotopic (exact) mass is 329 g/mol. The normalized spacial score (nSPS) is 11.5. The zero-order valence-corrected chi connectivity index (χ0v) is 11.3. The van der Waals surface area contributed by atoms with Crippen LogP contribution in [0.25, 0.3) is 0 Å². The van der Waals surface area contributed by atoms with Crippen molar-refractivity contribution >= 4 is 27.5 Å². The molecule has 0 amide bonds. The summed E-state index contributed by atoms with van der Waals surface area (Å²) in [5, 5.41) is 0.863. The summed E-state index contributed by atoms with van der Waals surface area (Å²) in [5.41, 5.74) is 0.371. The van der Waals surface area contributed by atoms with E-state index in [1.807, 2.05) is 0 Å². The molecule has 6 heteroatoms. The Labute approximate surface area is 112 Å². The first kappa shape index (κ1) is 14.8. The Bertz CT molecular complexity index is 363. The maximum absolute atomic E-state index is 13.5. The van der Waals surface area contributed by atoms with Crippen molar-refractivity contribution in [3.63, 3.8) is 0 Å². The number of alkyl halides is 3. The van der Waals surface area contributed by atoms with Gasteiger partial charge in [-0.1, -0.05) is 33.6 Å². The molecule has 1 rings (SSSR count). The SMILES string of the molecule is Fc1cc(Cl)ccc1CN(CCBr)CC(F)F. The molecule has 0 fully saturated rings. The minimum absolute atomic E-state index is 0.152. The molecule has 0 radical (unpaired) electrons. The van der Waals surface area contributed by atoms with Crippen LogP contribution in [0.5, 0.6) is 0 Å². The highest BCUT2D eigenvalue weighted by atomic mass is 79.9. The first-order chi connectivity index (χ1) is 8.02. The van der Waals surface area contributed by atoms with Crippen molar-refractivity contribution in [1.29, 1.82) is 0 Å². The molecule has 1 aromatic rings. The van der Waals surface area contributed by atoms with Crippen LogP contribution in [0.3, 0.4) is 0 Å². The molecule has 0 atom stereocenters. The van der Waals surface area contributed by atoms with Gasteiger partial charge in [0.25, 0.3) is 6.43 Å². The van der Waals surface area contributed by atoms with Gasteiger partial charge in [-0.15, -0.1) is 0 Å². The first-order valence-electron chi connectivity index (χ1n) is 5.03.